The van der Waals surface area contributed by atoms with E-state index in [4.69, 9.17) is 4.74 Å². The van der Waals surface area contributed by atoms with Crippen molar-refractivity contribution in [2.24, 2.45) is 5.92 Å². The Labute approximate surface area is 139 Å². The number of anilines is 1. The second kappa shape index (κ2) is 8.29. The maximum atomic E-state index is 12.1. The molecule has 0 aliphatic carbocycles. The van der Waals surface area contributed by atoms with E-state index < -0.39 is 0 Å². The number of ether oxygens (including phenoxy) is 1. The predicted octanol–water partition coefficient (Wildman–Crippen LogP) is 1.25. The summed E-state index contributed by atoms with van der Waals surface area (Å²) in [6.45, 7) is 4.19. The molecule has 1 aromatic carbocycles. The third-order valence-electron chi connectivity index (χ3n) is 3.76. The number of halogens is 1. The van der Waals surface area contributed by atoms with E-state index >= 15 is 0 Å². The van der Waals surface area contributed by atoms with Crippen molar-refractivity contribution >= 4 is 33.5 Å². The summed E-state index contributed by atoms with van der Waals surface area (Å²) in [6, 6.07) is 7.51. The maximum absolute atomic E-state index is 12.1. The lowest BCUT2D eigenvalue weighted by atomic mass is 9.98. The number of esters is 1. The molecule has 0 saturated carbocycles. The van der Waals surface area contributed by atoms with E-state index in [1.807, 2.05) is 31.2 Å². The van der Waals surface area contributed by atoms with Gasteiger partial charge in [0.25, 0.3) is 5.91 Å². The second-order valence-electron chi connectivity index (χ2n) is 5.53. The lowest BCUT2D eigenvalue weighted by molar-refractivity contribution is -0.899. The van der Waals surface area contributed by atoms with E-state index in [-0.39, 0.29) is 17.8 Å². The largest absolute Gasteiger partial charge is 0.466 e. The molecular weight excluding hydrogens is 348 g/mol. The fourth-order valence-corrected chi connectivity index (χ4v) is 3.17. The van der Waals surface area contributed by atoms with E-state index in [9.17, 15) is 9.59 Å². The number of carbonyl (C=O) groups excluding carboxylic acids is 2. The molecule has 2 N–H and O–H groups in total. The van der Waals surface area contributed by atoms with Crippen LogP contribution in [0.25, 0.3) is 0 Å². The number of quaternary nitrogens is 1. The van der Waals surface area contributed by atoms with Gasteiger partial charge in [0.15, 0.2) is 6.54 Å². The topological polar surface area (TPSA) is 59.8 Å². The third kappa shape index (κ3) is 5.10. The molecule has 0 bridgehead atoms. The average Bonchev–Trinajstić information content (AvgIpc) is 2.47. The summed E-state index contributed by atoms with van der Waals surface area (Å²) in [6.07, 6.45) is 1.80. The van der Waals surface area contributed by atoms with E-state index in [1.54, 1.807) is 0 Å². The monoisotopic (exact) mass is 369 g/mol. The zero-order valence-corrected chi connectivity index (χ0v) is 14.3. The van der Waals surface area contributed by atoms with Crippen molar-refractivity contribution in [2.75, 3.05) is 31.6 Å². The number of benzene rings is 1. The van der Waals surface area contributed by atoms with Gasteiger partial charge in [-0.05, 0) is 38.0 Å². The Balaban J connectivity index is 1.84. The summed E-state index contributed by atoms with van der Waals surface area (Å²) < 4.78 is 6.01. The van der Waals surface area contributed by atoms with Crippen LogP contribution in [0.3, 0.4) is 0 Å². The fraction of sp³-hybridized carbons (Fsp3) is 0.500. The molecule has 1 fully saturated rings. The van der Waals surface area contributed by atoms with Gasteiger partial charge in [-0.25, -0.2) is 0 Å². The molecule has 0 spiro atoms. The Morgan fingerprint density at radius 2 is 2.27 bits per heavy atom. The van der Waals surface area contributed by atoms with Gasteiger partial charge < -0.3 is 15.0 Å². The summed E-state index contributed by atoms with van der Waals surface area (Å²) in [5.41, 5.74) is 0.776. The molecule has 5 nitrogen and oxygen atoms in total. The first-order valence-electron chi connectivity index (χ1n) is 7.64. The van der Waals surface area contributed by atoms with Crippen LogP contribution in [0.5, 0.6) is 0 Å². The van der Waals surface area contributed by atoms with Crippen molar-refractivity contribution in [3.8, 4) is 0 Å². The van der Waals surface area contributed by atoms with Crippen LogP contribution in [0, 0.1) is 5.92 Å². The third-order valence-corrected chi connectivity index (χ3v) is 4.25. The maximum Gasteiger partial charge on any atom is 0.314 e. The summed E-state index contributed by atoms with van der Waals surface area (Å²) in [4.78, 5) is 25.1. The minimum Gasteiger partial charge on any atom is -0.466 e. The van der Waals surface area contributed by atoms with Gasteiger partial charge in [0.2, 0.25) is 0 Å². The highest BCUT2D eigenvalue weighted by Crippen LogP contribution is 2.15. The van der Waals surface area contributed by atoms with Crippen molar-refractivity contribution in [3.05, 3.63) is 28.7 Å². The van der Waals surface area contributed by atoms with Gasteiger partial charge in [0.05, 0.1) is 19.7 Å². The molecule has 1 aromatic rings. The van der Waals surface area contributed by atoms with Crippen LogP contribution in [0.2, 0.25) is 0 Å². The molecule has 6 heteroatoms. The quantitative estimate of drug-likeness (QED) is 0.767. The number of rotatable bonds is 5. The van der Waals surface area contributed by atoms with E-state index in [0.717, 1.165) is 34.4 Å². The highest BCUT2D eigenvalue weighted by molar-refractivity contribution is 9.10. The van der Waals surface area contributed by atoms with Gasteiger partial charge in [0, 0.05) is 10.2 Å². The van der Waals surface area contributed by atoms with E-state index in [0.29, 0.717) is 19.7 Å². The first-order chi connectivity index (χ1) is 10.6. The summed E-state index contributed by atoms with van der Waals surface area (Å²) in [5.74, 6) is -0.243. The Hall–Kier alpha value is -1.40. The smallest absolute Gasteiger partial charge is 0.314 e. The molecule has 1 heterocycles. The van der Waals surface area contributed by atoms with E-state index in [2.05, 4.69) is 21.2 Å². The highest BCUT2D eigenvalue weighted by atomic mass is 79.9. The normalized spacial score (nSPS) is 21.2. The van der Waals surface area contributed by atoms with Crippen molar-refractivity contribution in [1.82, 2.24) is 0 Å². The minimum atomic E-state index is -0.132. The molecule has 1 amide bonds. The van der Waals surface area contributed by atoms with Crippen LogP contribution < -0.4 is 10.2 Å². The van der Waals surface area contributed by atoms with Crippen LogP contribution >= 0.6 is 15.9 Å². The van der Waals surface area contributed by atoms with Gasteiger partial charge in [-0.15, -0.1) is 0 Å². The summed E-state index contributed by atoms with van der Waals surface area (Å²) in [7, 11) is 0. The predicted molar refractivity (Wildman–Crippen MR) is 87.7 cm³/mol. The van der Waals surface area contributed by atoms with Gasteiger partial charge in [-0.3, -0.25) is 9.59 Å². The van der Waals surface area contributed by atoms with E-state index in [1.165, 1.54) is 0 Å². The Morgan fingerprint density at radius 3 is 3.00 bits per heavy atom. The van der Waals surface area contributed by atoms with Crippen molar-refractivity contribution in [2.45, 2.75) is 19.8 Å². The number of hydrogen-bond donors (Lipinski definition) is 2. The molecule has 0 aromatic heterocycles. The van der Waals surface area contributed by atoms with Crippen molar-refractivity contribution in [3.63, 3.8) is 0 Å². The zero-order valence-electron chi connectivity index (χ0n) is 12.7. The summed E-state index contributed by atoms with van der Waals surface area (Å²) in [5, 5.41) is 2.89. The molecule has 1 aliphatic heterocycles. The van der Waals surface area contributed by atoms with Gasteiger partial charge in [-0.2, -0.15) is 0 Å². The van der Waals surface area contributed by atoms with Gasteiger partial charge in [-0.1, -0.05) is 22.0 Å². The molecule has 2 atom stereocenters. The van der Waals surface area contributed by atoms with Crippen molar-refractivity contribution < 1.29 is 19.2 Å². The first-order valence-corrected chi connectivity index (χ1v) is 8.43. The lowest BCUT2D eigenvalue weighted by Gasteiger charge is -2.28. The average molecular weight is 370 g/mol. The van der Waals surface area contributed by atoms with Gasteiger partial charge in [0.1, 0.15) is 5.92 Å². The molecule has 22 heavy (non-hydrogen) atoms. The minimum absolute atomic E-state index is 0.0300. The zero-order chi connectivity index (χ0) is 15.9. The van der Waals surface area contributed by atoms with Crippen LogP contribution in [-0.2, 0) is 14.3 Å². The van der Waals surface area contributed by atoms with Crippen LogP contribution in [0.1, 0.15) is 19.8 Å². The highest BCUT2D eigenvalue weighted by Gasteiger charge is 2.30. The number of likely N-dealkylation sites (tertiary alicyclic amines) is 1. The molecule has 1 aliphatic rings. The lowest BCUT2D eigenvalue weighted by Crippen LogP contribution is -3.14. The molecule has 0 radical (unpaired) electrons. The molecule has 120 valence electrons. The van der Waals surface area contributed by atoms with Crippen LogP contribution in [0.4, 0.5) is 5.69 Å². The van der Waals surface area contributed by atoms with Gasteiger partial charge >= 0.3 is 5.97 Å². The van der Waals surface area contributed by atoms with Crippen LogP contribution in [0.15, 0.2) is 28.7 Å². The Bertz CT molecular complexity index is 536. The SMILES string of the molecule is CCOC(=O)[C@H]1CCC[NH+](CC(=O)Nc2cccc(Br)c2)C1. The Kier molecular flexibility index (Phi) is 6.39. The standard InChI is InChI=1S/C16H21BrN2O3/c1-2-22-16(21)12-5-4-8-19(10-12)11-15(20)18-14-7-3-6-13(17)9-14/h3,6-7,9,12H,2,4-5,8,10-11H2,1H3,(H,18,20)/p+1/t12-/m0/s1. The molecular formula is C16H22BrN2O3+. The molecule has 2 rings (SSSR count). The number of carbonyl (C=O) groups is 2. The summed E-state index contributed by atoms with van der Waals surface area (Å²) >= 11 is 3.38. The molecule has 1 unspecified atom stereocenters. The van der Waals surface area contributed by atoms with Crippen molar-refractivity contribution in [1.29, 1.82) is 0 Å². The number of piperidine rings is 1. The molecule has 1 saturated heterocycles. The Morgan fingerprint density at radius 1 is 1.45 bits per heavy atom. The second-order valence-corrected chi connectivity index (χ2v) is 6.45. The number of nitrogens with one attached hydrogen (secondary N) is 2. The first kappa shape index (κ1) is 17.0. The fourth-order valence-electron chi connectivity index (χ4n) is 2.77. The van der Waals surface area contributed by atoms with Crippen LogP contribution in [-0.4, -0.2) is 38.1 Å². The number of amides is 1. The number of hydrogen-bond acceptors (Lipinski definition) is 3.